The first-order valence-electron chi connectivity index (χ1n) is 9.27. The van der Waals surface area contributed by atoms with E-state index < -0.39 is 0 Å². The highest BCUT2D eigenvalue weighted by atomic mass is 16.5. The molecular formula is C21H22N4O4. The molecule has 1 amide bonds. The van der Waals surface area contributed by atoms with Gasteiger partial charge < -0.3 is 14.8 Å². The maximum absolute atomic E-state index is 12.2. The average Bonchev–Trinajstić information content (AvgIpc) is 3.28. The number of pyridine rings is 1. The van der Waals surface area contributed by atoms with Crippen molar-refractivity contribution in [3.8, 4) is 17.1 Å². The molecule has 0 saturated heterocycles. The van der Waals surface area contributed by atoms with E-state index in [1.165, 1.54) is 0 Å². The van der Waals surface area contributed by atoms with E-state index in [4.69, 9.17) is 9.47 Å². The Morgan fingerprint density at radius 1 is 1.17 bits per heavy atom. The minimum absolute atomic E-state index is 0.143. The highest BCUT2D eigenvalue weighted by Crippen LogP contribution is 2.18. The molecule has 8 heteroatoms. The summed E-state index contributed by atoms with van der Waals surface area (Å²) in [6.07, 6.45) is 3.45. The molecule has 0 radical (unpaired) electrons. The number of carbonyl (C=O) groups excluding carboxylic acids is 2. The largest absolute Gasteiger partial charge is 0.487 e. The lowest BCUT2D eigenvalue weighted by Crippen LogP contribution is -2.26. The third-order valence-corrected chi connectivity index (χ3v) is 4.03. The highest BCUT2D eigenvalue weighted by Gasteiger charge is 2.08. The molecule has 0 aliphatic rings. The van der Waals surface area contributed by atoms with Crippen LogP contribution < -0.4 is 10.1 Å². The van der Waals surface area contributed by atoms with Crippen molar-refractivity contribution in [1.29, 1.82) is 0 Å². The first kappa shape index (κ1) is 20.1. The van der Waals surface area contributed by atoms with E-state index in [1.807, 2.05) is 24.3 Å². The summed E-state index contributed by atoms with van der Waals surface area (Å²) >= 11 is 0. The molecule has 0 aliphatic carbocycles. The number of H-pyrrole nitrogens is 1. The van der Waals surface area contributed by atoms with E-state index in [2.05, 4.69) is 20.5 Å². The maximum atomic E-state index is 12.2. The molecule has 0 spiro atoms. The molecule has 3 aromatic rings. The second kappa shape index (κ2) is 10.0. The number of ether oxygens (including phenoxy) is 2. The third-order valence-electron chi connectivity index (χ3n) is 4.03. The number of esters is 1. The topological polar surface area (TPSA) is 106 Å². The Kier molecular flexibility index (Phi) is 6.94. The van der Waals surface area contributed by atoms with Crippen molar-refractivity contribution in [3.63, 3.8) is 0 Å². The summed E-state index contributed by atoms with van der Waals surface area (Å²) in [5.41, 5.74) is 2.96. The average molecular weight is 394 g/mol. The zero-order valence-corrected chi connectivity index (χ0v) is 16.1. The molecule has 2 aromatic heterocycles. The van der Waals surface area contributed by atoms with Gasteiger partial charge in [0.2, 0.25) is 0 Å². The number of rotatable bonds is 9. The van der Waals surface area contributed by atoms with Gasteiger partial charge in [0.05, 0.1) is 30.6 Å². The number of nitrogens with zero attached hydrogens (tertiary/aromatic N) is 2. The van der Waals surface area contributed by atoms with Crippen LogP contribution >= 0.6 is 0 Å². The molecule has 0 bridgehead atoms. The van der Waals surface area contributed by atoms with Gasteiger partial charge in [0, 0.05) is 18.3 Å². The molecule has 29 heavy (non-hydrogen) atoms. The van der Waals surface area contributed by atoms with Crippen LogP contribution in [0.5, 0.6) is 5.75 Å². The fourth-order valence-electron chi connectivity index (χ4n) is 2.61. The summed E-state index contributed by atoms with van der Waals surface area (Å²) in [6, 6.07) is 12.6. The Balaban J connectivity index is 1.51. The molecule has 8 nitrogen and oxygen atoms in total. The van der Waals surface area contributed by atoms with Crippen LogP contribution in [-0.4, -0.2) is 40.2 Å². The highest BCUT2D eigenvalue weighted by molar-refractivity contribution is 5.94. The van der Waals surface area contributed by atoms with Crippen molar-refractivity contribution in [2.24, 2.45) is 0 Å². The van der Waals surface area contributed by atoms with Gasteiger partial charge in [0.1, 0.15) is 12.4 Å². The number of nitrogens with one attached hydrogen (secondary N) is 2. The fourth-order valence-corrected chi connectivity index (χ4v) is 2.61. The molecule has 0 unspecified atom stereocenters. The fraction of sp³-hybridized carbons (Fsp3) is 0.238. The number of carbonyl (C=O) groups is 2. The number of aromatic amines is 1. The quantitative estimate of drug-likeness (QED) is 0.541. The van der Waals surface area contributed by atoms with Crippen molar-refractivity contribution in [3.05, 3.63) is 66.0 Å². The van der Waals surface area contributed by atoms with Gasteiger partial charge in [-0.2, -0.15) is 5.10 Å². The van der Waals surface area contributed by atoms with Crippen LogP contribution in [-0.2, 0) is 16.1 Å². The van der Waals surface area contributed by atoms with Gasteiger partial charge in [-0.3, -0.25) is 19.7 Å². The van der Waals surface area contributed by atoms with Crippen LogP contribution in [0.15, 0.2) is 54.9 Å². The zero-order valence-electron chi connectivity index (χ0n) is 16.1. The second-order valence-electron chi connectivity index (χ2n) is 6.15. The molecule has 0 saturated carbocycles. The van der Waals surface area contributed by atoms with Crippen molar-refractivity contribution < 1.29 is 19.1 Å². The van der Waals surface area contributed by atoms with Gasteiger partial charge in [-0.05, 0) is 42.8 Å². The summed E-state index contributed by atoms with van der Waals surface area (Å²) in [5, 5.41) is 9.47. The predicted molar refractivity (Wildman–Crippen MR) is 106 cm³/mol. The number of hydrogen-bond acceptors (Lipinski definition) is 6. The standard InChI is InChI=1S/C21H22N4O4/c1-2-28-20(26)9-10-22-21(27)16-5-3-4-15(12-16)14-29-17-6-7-18(23-13-17)19-8-11-24-25-19/h3-8,11-13H,2,9-10,14H2,1H3,(H,22,27)(H,24,25). The summed E-state index contributed by atoms with van der Waals surface area (Å²) in [5.74, 6) is 0.0430. The van der Waals surface area contributed by atoms with Gasteiger partial charge in [0.25, 0.3) is 5.91 Å². The summed E-state index contributed by atoms with van der Waals surface area (Å²) in [7, 11) is 0. The first-order chi connectivity index (χ1) is 14.2. The van der Waals surface area contributed by atoms with Crippen molar-refractivity contribution >= 4 is 11.9 Å². The molecule has 2 heterocycles. The maximum Gasteiger partial charge on any atom is 0.307 e. The SMILES string of the molecule is CCOC(=O)CCNC(=O)c1cccc(COc2ccc(-c3ccn[nH]3)nc2)c1. The van der Waals surface area contributed by atoms with E-state index in [1.54, 1.807) is 37.5 Å². The molecule has 150 valence electrons. The molecule has 2 N–H and O–H groups in total. The lowest BCUT2D eigenvalue weighted by Gasteiger charge is -2.09. The van der Waals surface area contributed by atoms with Crippen LogP contribution in [0.4, 0.5) is 0 Å². The van der Waals surface area contributed by atoms with Gasteiger partial charge in [-0.25, -0.2) is 0 Å². The Morgan fingerprint density at radius 3 is 2.79 bits per heavy atom. The van der Waals surface area contributed by atoms with Gasteiger partial charge in [0.15, 0.2) is 0 Å². The number of benzene rings is 1. The van der Waals surface area contributed by atoms with Gasteiger partial charge in [-0.15, -0.1) is 0 Å². The van der Waals surface area contributed by atoms with Crippen LogP contribution in [0.2, 0.25) is 0 Å². The lowest BCUT2D eigenvalue weighted by molar-refractivity contribution is -0.142. The molecule has 3 rings (SSSR count). The predicted octanol–water partition coefficient (Wildman–Crippen LogP) is 2.73. The van der Waals surface area contributed by atoms with Crippen LogP contribution in [0.1, 0.15) is 29.3 Å². The lowest BCUT2D eigenvalue weighted by atomic mass is 10.1. The van der Waals surface area contributed by atoms with Crippen LogP contribution in [0.25, 0.3) is 11.4 Å². The Bertz CT molecular complexity index is 940. The molecular weight excluding hydrogens is 372 g/mol. The molecule has 0 aliphatic heterocycles. The van der Waals surface area contributed by atoms with E-state index in [0.717, 1.165) is 17.0 Å². The molecule has 1 aromatic carbocycles. The molecule has 0 fully saturated rings. The van der Waals surface area contributed by atoms with E-state index in [-0.39, 0.29) is 24.8 Å². The smallest absolute Gasteiger partial charge is 0.307 e. The van der Waals surface area contributed by atoms with Gasteiger partial charge >= 0.3 is 5.97 Å². The second-order valence-corrected chi connectivity index (χ2v) is 6.15. The normalized spacial score (nSPS) is 10.4. The Morgan fingerprint density at radius 2 is 2.07 bits per heavy atom. The molecule has 0 atom stereocenters. The van der Waals surface area contributed by atoms with Crippen molar-refractivity contribution in [1.82, 2.24) is 20.5 Å². The minimum Gasteiger partial charge on any atom is -0.487 e. The minimum atomic E-state index is -0.331. The summed E-state index contributed by atoms with van der Waals surface area (Å²) in [6.45, 7) is 2.60. The Labute approximate surface area is 168 Å². The van der Waals surface area contributed by atoms with Crippen LogP contribution in [0.3, 0.4) is 0 Å². The summed E-state index contributed by atoms with van der Waals surface area (Å²) in [4.78, 5) is 27.9. The number of amides is 1. The van der Waals surface area contributed by atoms with Crippen molar-refractivity contribution in [2.75, 3.05) is 13.2 Å². The Hall–Kier alpha value is -3.68. The van der Waals surface area contributed by atoms with Gasteiger partial charge in [-0.1, -0.05) is 12.1 Å². The monoisotopic (exact) mass is 394 g/mol. The van der Waals surface area contributed by atoms with E-state index >= 15 is 0 Å². The first-order valence-corrected chi connectivity index (χ1v) is 9.27. The van der Waals surface area contributed by atoms with E-state index in [9.17, 15) is 9.59 Å². The van der Waals surface area contributed by atoms with Crippen LogP contribution in [0, 0.1) is 0 Å². The number of hydrogen-bond donors (Lipinski definition) is 2. The summed E-state index contributed by atoms with van der Waals surface area (Å²) < 4.78 is 10.6. The number of aromatic nitrogens is 3. The third kappa shape index (κ3) is 5.90. The van der Waals surface area contributed by atoms with E-state index in [0.29, 0.717) is 24.5 Å². The zero-order chi connectivity index (χ0) is 20.5. The van der Waals surface area contributed by atoms with Crippen molar-refractivity contribution in [2.45, 2.75) is 20.0 Å².